The Morgan fingerprint density at radius 3 is 2.92 bits per heavy atom. The SMILES string of the molecule is CCCN1CC(C(=O)OC)CC1=O. The highest BCUT2D eigenvalue weighted by Gasteiger charge is 2.34. The van der Waals surface area contributed by atoms with Crippen molar-refractivity contribution in [3.05, 3.63) is 0 Å². The van der Waals surface area contributed by atoms with Crippen molar-refractivity contribution in [1.82, 2.24) is 4.90 Å². The molecule has 0 N–H and O–H groups in total. The minimum absolute atomic E-state index is 0.0669. The Morgan fingerprint density at radius 1 is 1.69 bits per heavy atom. The molecule has 0 radical (unpaired) electrons. The zero-order valence-corrected chi connectivity index (χ0v) is 8.08. The van der Waals surface area contributed by atoms with Gasteiger partial charge in [0.15, 0.2) is 0 Å². The second-order valence-electron chi connectivity index (χ2n) is 3.26. The molecule has 0 aromatic rings. The van der Waals surface area contributed by atoms with Gasteiger partial charge in [0.1, 0.15) is 0 Å². The van der Waals surface area contributed by atoms with Gasteiger partial charge in [-0.2, -0.15) is 0 Å². The lowest BCUT2D eigenvalue weighted by molar-refractivity contribution is -0.145. The quantitative estimate of drug-likeness (QED) is 0.598. The molecule has 0 aromatic heterocycles. The number of hydrogen-bond donors (Lipinski definition) is 0. The van der Waals surface area contributed by atoms with Crippen LogP contribution in [0.5, 0.6) is 0 Å². The lowest BCUT2D eigenvalue weighted by Crippen LogP contribution is -2.27. The van der Waals surface area contributed by atoms with Crippen LogP contribution in [0.4, 0.5) is 0 Å². The van der Waals surface area contributed by atoms with Crippen LogP contribution in [0.25, 0.3) is 0 Å². The van der Waals surface area contributed by atoms with E-state index in [1.165, 1.54) is 7.11 Å². The first kappa shape index (κ1) is 10.0. The van der Waals surface area contributed by atoms with Crippen LogP contribution in [-0.4, -0.2) is 37.0 Å². The van der Waals surface area contributed by atoms with Gasteiger partial charge in [-0.25, -0.2) is 0 Å². The largest absolute Gasteiger partial charge is 0.469 e. The van der Waals surface area contributed by atoms with Crippen LogP contribution >= 0.6 is 0 Å². The van der Waals surface area contributed by atoms with Crippen LogP contribution in [0.3, 0.4) is 0 Å². The average Bonchev–Trinajstić information content (AvgIpc) is 2.47. The van der Waals surface area contributed by atoms with Crippen molar-refractivity contribution in [2.45, 2.75) is 19.8 Å². The number of likely N-dealkylation sites (tertiary alicyclic amines) is 1. The Balaban J connectivity index is 2.49. The van der Waals surface area contributed by atoms with Crippen LogP contribution in [0.15, 0.2) is 0 Å². The van der Waals surface area contributed by atoms with Gasteiger partial charge in [-0.1, -0.05) is 6.92 Å². The highest BCUT2D eigenvalue weighted by atomic mass is 16.5. The van der Waals surface area contributed by atoms with Gasteiger partial charge >= 0.3 is 5.97 Å². The molecule has 1 amide bonds. The number of carbonyl (C=O) groups is 2. The summed E-state index contributed by atoms with van der Waals surface area (Å²) in [4.78, 5) is 24.1. The van der Waals surface area contributed by atoms with Gasteiger partial charge in [-0.15, -0.1) is 0 Å². The maximum atomic E-state index is 11.3. The fourth-order valence-corrected chi connectivity index (χ4v) is 1.58. The summed E-state index contributed by atoms with van der Waals surface area (Å²) in [6.07, 6.45) is 1.24. The average molecular weight is 185 g/mol. The highest BCUT2D eigenvalue weighted by molar-refractivity contribution is 5.86. The van der Waals surface area contributed by atoms with Crippen LogP contribution < -0.4 is 0 Å². The number of nitrogens with zero attached hydrogens (tertiary/aromatic N) is 1. The number of methoxy groups -OCH3 is 1. The first-order valence-electron chi connectivity index (χ1n) is 4.54. The summed E-state index contributed by atoms with van der Waals surface area (Å²) in [5, 5.41) is 0. The van der Waals surface area contributed by atoms with Crippen LogP contribution in [-0.2, 0) is 14.3 Å². The molecule has 0 bridgehead atoms. The van der Waals surface area contributed by atoms with Crippen molar-refractivity contribution < 1.29 is 14.3 Å². The molecule has 1 unspecified atom stereocenters. The molecular formula is C9H15NO3. The summed E-state index contributed by atoms with van der Waals surface area (Å²) in [6.45, 7) is 3.28. The predicted octanol–water partition coefficient (Wildman–Crippen LogP) is 0.418. The van der Waals surface area contributed by atoms with Crippen LogP contribution in [0, 0.1) is 5.92 Å². The number of ether oxygens (including phenoxy) is 1. The fraction of sp³-hybridized carbons (Fsp3) is 0.778. The van der Waals surface area contributed by atoms with Crippen LogP contribution in [0.2, 0.25) is 0 Å². The van der Waals surface area contributed by atoms with Gasteiger partial charge in [0.2, 0.25) is 5.91 Å². The molecule has 4 nitrogen and oxygen atoms in total. The van der Waals surface area contributed by atoms with Gasteiger partial charge in [0.05, 0.1) is 13.0 Å². The molecule has 4 heteroatoms. The highest BCUT2D eigenvalue weighted by Crippen LogP contribution is 2.18. The van der Waals surface area contributed by atoms with Crippen LogP contribution in [0.1, 0.15) is 19.8 Å². The normalized spacial score (nSPS) is 22.2. The molecule has 1 rings (SSSR count). The van der Waals surface area contributed by atoms with E-state index in [0.29, 0.717) is 13.0 Å². The van der Waals surface area contributed by atoms with E-state index >= 15 is 0 Å². The van der Waals surface area contributed by atoms with Crippen molar-refractivity contribution in [3.63, 3.8) is 0 Å². The number of carbonyl (C=O) groups excluding carboxylic acids is 2. The number of esters is 1. The second kappa shape index (κ2) is 4.25. The third-order valence-corrected chi connectivity index (χ3v) is 2.24. The van der Waals surface area contributed by atoms with E-state index in [0.717, 1.165) is 13.0 Å². The summed E-state index contributed by atoms with van der Waals surface area (Å²) in [7, 11) is 1.36. The lowest BCUT2D eigenvalue weighted by Gasteiger charge is -2.14. The smallest absolute Gasteiger partial charge is 0.310 e. The maximum Gasteiger partial charge on any atom is 0.310 e. The molecule has 74 valence electrons. The molecule has 1 aliphatic rings. The molecule has 1 atom stereocenters. The molecule has 13 heavy (non-hydrogen) atoms. The minimum atomic E-state index is -0.271. The number of rotatable bonds is 3. The Morgan fingerprint density at radius 2 is 2.38 bits per heavy atom. The zero-order chi connectivity index (χ0) is 9.84. The maximum absolute atomic E-state index is 11.3. The standard InChI is InChI=1S/C9H15NO3/c1-3-4-10-6-7(5-8(10)11)9(12)13-2/h7H,3-6H2,1-2H3. The molecule has 1 fully saturated rings. The fourth-order valence-electron chi connectivity index (χ4n) is 1.58. The molecule has 1 aliphatic heterocycles. The van der Waals surface area contributed by atoms with E-state index in [2.05, 4.69) is 4.74 Å². The van der Waals surface area contributed by atoms with Gasteiger partial charge in [-0.3, -0.25) is 9.59 Å². The van der Waals surface area contributed by atoms with Crippen molar-refractivity contribution in [2.75, 3.05) is 20.2 Å². The predicted molar refractivity (Wildman–Crippen MR) is 47.0 cm³/mol. The van der Waals surface area contributed by atoms with E-state index in [4.69, 9.17) is 0 Å². The third-order valence-electron chi connectivity index (χ3n) is 2.24. The Hall–Kier alpha value is -1.06. The molecule has 0 spiro atoms. The lowest BCUT2D eigenvalue weighted by atomic mass is 10.1. The van der Waals surface area contributed by atoms with E-state index in [1.54, 1.807) is 4.90 Å². The molecule has 0 aromatic carbocycles. The van der Waals surface area contributed by atoms with Crippen molar-refractivity contribution >= 4 is 11.9 Å². The summed E-state index contributed by atoms with van der Waals surface area (Å²) in [5.41, 5.74) is 0. The van der Waals surface area contributed by atoms with Gasteiger partial charge in [-0.05, 0) is 6.42 Å². The summed E-state index contributed by atoms with van der Waals surface area (Å²) in [6, 6.07) is 0. The molecule has 0 aliphatic carbocycles. The van der Waals surface area contributed by atoms with Crippen molar-refractivity contribution in [3.8, 4) is 0 Å². The van der Waals surface area contributed by atoms with Crippen molar-refractivity contribution in [1.29, 1.82) is 0 Å². The van der Waals surface area contributed by atoms with Crippen molar-refractivity contribution in [2.24, 2.45) is 5.92 Å². The first-order chi connectivity index (χ1) is 6.19. The molecule has 0 saturated carbocycles. The molecule has 1 heterocycles. The van der Waals surface area contributed by atoms with E-state index in [9.17, 15) is 9.59 Å². The van der Waals surface area contributed by atoms with E-state index in [-0.39, 0.29) is 17.8 Å². The molecule has 1 saturated heterocycles. The monoisotopic (exact) mass is 185 g/mol. The molecular weight excluding hydrogens is 170 g/mol. The number of hydrogen-bond acceptors (Lipinski definition) is 3. The Bertz CT molecular complexity index is 215. The van der Waals surface area contributed by atoms with E-state index in [1.807, 2.05) is 6.92 Å². The number of amides is 1. The Labute approximate surface area is 77.8 Å². The van der Waals surface area contributed by atoms with Gasteiger partial charge in [0.25, 0.3) is 0 Å². The summed E-state index contributed by atoms with van der Waals surface area (Å²) in [5.74, 6) is -0.451. The summed E-state index contributed by atoms with van der Waals surface area (Å²) < 4.78 is 4.59. The van der Waals surface area contributed by atoms with Gasteiger partial charge in [0, 0.05) is 19.5 Å². The Kier molecular flexibility index (Phi) is 3.28. The third kappa shape index (κ3) is 2.20. The summed E-state index contributed by atoms with van der Waals surface area (Å²) >= 11 is 0. The van der Waals surface area contributed by atoms with E-state index < -0.39 is 0 Å². The zero-order valence-electron chi connectivity index (χ0n) is 8.08. The van der Waals surface area contributed by atoms with Gasteiger partial charge < -0.3 is 9.64 Å². The minimum Gasteiger partial charge on any atom is -0.469 e. The topological polar surface area (TPSA) is 46.6 Å². The second-order valence-corrected chi connectivity index (χ2v) is 3.26. The first-order valence-corrected chi connectivity index (χ1v) is 4.54.